The van der Waals surface area contributed by atoms with Crippen LogP contribution in [0.2, 0.25) is 0 Å². The second-order valence-corrected chi connectivity index (χ2v) is 4.75. The van der Waals surface area contributed by atoms with Gasteiger partial charge in [0.15, 0.2) is 5.17 Å². The summed E-state index contributed by atoms with van der Waals surface area (Å²) in [5.74, 6) is 0.807. The molecule has 0 radical (unpaired) electrons. The molecule has 3 unspecified atom stereocenters. The van der Waals surface area contributed by atoms with Gasteiger partial charge in [0.2, 0.25) is 0 Å². The predicted molar refractivity (Wildman–Crippen MR) is 50.2 cm³/mol. The molecule has 0 aromatic rings. The number of thioether (sulfide) groups is 1. The molecule has 2 aliphatic rings. The molecule has 3 nitrogen and oxygen atoms in total. The summed E-state index contributed by atoms with van der Waals surface area (Å²) in [7, 11) is 0. The van der Waals surface area contributed by atoms with Crippen molar-refractivity contribution in [3.05, 3.63) is 0 Å². The van der Waals surface area contributed by atoms with Gasteiger partial charge < -0.3 is 5.73 Å². The fourth-order valence-electron chi connectivity index (χ4n) is 1.88. The Morgan fingerprint density at radius 3 is 3.17 bits per heavy atom. The first-order valence-corrected chi connectivity index (χ1v) is 5.07. The Hall–Kier alpha value is -0.510. The molecule has 0 aromatic carbocycles. The molecule has 0 aromatic heterocycles. The molecule has 0 spiro atoms. The van der Waals surface area contributed by atoms with Crippen LogP contribution in [-0.4, -0.2) is 22.2 Å². The molecule has 1 heterocycles. The van der Waals surface area contributed by atoms with Gasteiger partial charge in [-0.25, -0.2) is 0 Å². The molecule has 0 bridgehead atoms. The lowest BCUT2D eigenvalue weighted by molar-refractivity contribution is -0.121. The summed E-state index contributed by atoms with van der Waals surface area (Å²) in [6.07, 6.45) is 1.72. The molecule has 66 valence electrons. The number of hydrogen-bond donors (Lipinski definition) is 1. The van der Waals surface area contributed by atoms with E-state index in [4.69, 9.17) is 5.73 Å². The number of nitrogens with two attached hydrogens (primary N) is 1. The highest BCUT2D eigenvalue weighted by Crippen LogP contribution is 2.35. The van der Waals surface area contributed by atoms with Crippen molar-refractivity contribution in [2.45, 2.75) is 31.1 Å². The van der Waals surface area contributed by atoms with Crippen LogP contribution < -0.4 is 5.73 Å². The van der Waals surface area contributed by atoms with E-state index < -0.39 is 0 Å². The number of hydrogen-bond acceptors (Lipinski definition) is 4. The van der Waals surface area contributed by atoms with E-state index in [-0.39, 0.29) is 11.3 Å². The summed E-state index contributed by atoms with van der Waals surface area (Å²) in [4.78, 5) is 15.7. The number of Topliss-reactive ketones (excluding diaryl/α,β-unsaturated/α-hetero) is 1. The van der Waals surface area contributed by atoms with Gasteiger partial charge in [-0.2, -0.15) is 0 Å². The van der Waals surface area contributed by atoms with E-state index in [1.54, 1.807) is 0 Å². The van der Waals surface area contributed by atoms with Gasteiger partial charge in [0.1, 0.15) is 5.78 Å². The molecule has 12 heavy (non-hydrogen) atoms. The van der Waals surface area contributed by atoms with Crippen molar-refractivity contribution >= 4 is 22.7 Å². The van der Waals surface area contributed by atoms with Crippen LogP contribution in [0.4, 0.5) is 0 Å². The van der Waals surface area contributed by atoms with Crippen molar-refractivity contribution in [2.24, 2.45) is 16.6 Å². The minimum Gasteiger partial charge on any atom is -0.379 e. The minimum absolute atomic E-state index is 0.0428. The molecular weight excluding hydrogens is 172 g/mol. The summed E-state index contributed by atoms with van der Waals surface area (Å²) < 4.78 is 0. The van der Waals surface area contributed by atoms with Crippen LogP contribution in [0.1, 0.15) is 19.8 Å². The first kappa shape index (κ1) is 8.10. The van der Waals surface area contributed by atoms with Crippen molar-refractivity contribution in [1.82, 2.24) is 0 Å². The third-order valence-electron chi connectivity index (χ3n) is 2.40. The fourth-order valence-corrected chi connectivity index (χ4v) is 2.90. The highest BCUT2D eigenvalue weighted by atomic mass is 32.2. The Bertz CT molecular complexity index is 251. The number of ketones is 1. The Labute approximate surface area is 75.8 Å². The molecular formula is C8H12N2OS. The second-order valence-electron chi connectivity index (χ2n) is 3.58. The lowest BCUT2D eigenvalue weighted by Crippen LogP contribution is -2.35. The maximum atomic E-state index is 11.5. The number of nitrogens with zero attached hydrogens (tertiary/aromatic N) is 1. The zero-order chi connectivity index (χ0) is 8.72. The number of amidine groups is 1. The normalized spacial score (nSPS) is 40.9. The van der Waals surface area contributed by atoms with Gasteiger partial charge in [-0.3, -0.25) is 9.79 Å². The summed E-state index contributed by atoms with van der Waals surface area (Å²) in [5, 5.41) is 0.633. The fraction of sp³-hybridized carbons (Fsp3) is 0.750. The molecule has 3 atom stereocenters. The van der Waals surface area contributed by atoms with Crippen LogP contribution in [0.5, 0.6) is 0 Å². The molecule has 4 heteroatoms. The maximum absolute atomic E-state index is 11.5. The molecule has 2 rings (SSSR count). The van der Waals surface area contributed by atoms with Crippen LogP contribution in [-0.2, 0) is 4.79 Å². The minimum atomic E-state index is 0.0428. The van der Waals surface area contributed by atoms with E-state index in [0.29, 0.717) is 23.3 Å². The standard InChI is InChI=1S/C8H12N2OS/c1-4-2-5-7(6(11)3-4)12-8(9)10-5/h4-5,7H,2-3H2,1H3,(H2,9,10). The quantitative estimate of drug-likeness (QED) is 0.605. The van der Waals surface area contributed by atoms with E-state index in [0.717, 1.165) is 6.42 Å². The highest BCUT2D eigenvalue weighted by Gasteiger charge is 2.39. The smallest absolute Gasteiger partial charge is 0.155 e. The molecule has 1 saturated carbocycles. The van der Waals surface area contributed by atoms with E-state index in [1.165, 1.54) is 11.8 Å². The molecule has 0 amide bonds. The van der Waals surface area contributed by atoms with Crippen molar-refractivity contribution in [2.75, 3.05) is 0 Å². The first-order valence-electron chi connectivity index (χ1n) is 4.19. The van der Waals surface area contributed by atoms with Gasteiger partial charge in [0.25, 0.3) is 0 Å². The van der Waals surface area contributed by atoms with E-state index in [1.807, 2.05) is 0 Å². The average Bonchev–Trinajstić information content (AvgIpc) is 2.29. The Balaban J connectivity index is 2.17. The molecule has 1 aliphatic heterocycles. The Morgan fingerprint density at radius 2 is 2.42 bits per heavy atom. The van der Waals surface area contributed by atoms with Gasteiger partial charge >= 0.3 is 0 Å². The van der Waals surface area contributed by atoms with Gasteiger partial charge in [-0.1, -0.05) is 18.7 Å². The first-order chi connectivity index (χ1) is 5.66. The Morgan fingerprint density at radius 1 is 1.67 bits per heavy atom. The Kier molecular flexibility index (Phi) is 1.87. The number of carbonyl (C=O) groups excluding carboxylic acids is 1. The van der Waals surface area contributed by atoms with E-state index >= 15 is 0 Å². The molecule has 2 N–H and O–H groups in total. The van der Waals surface area contributed by atoms with Crippen LogP contribution in [0, 0.1) is 5.92 Å². The van der Waals surface area contributed by atoms with Crippen molar-refractivity contribution in [3.63, 3.8) is 0 Å². The summed E-state index contributed by atoms with van der Waals surface area (Å²) >= 11 is 1.44. The predicted octanol–water partition coefficient (Wildman–Crippen LogP) is 0.784. The maximum Gasteiger partial charge on any atom is 0.155 e. The zero-order valence-electron chi connectivity index (χ0n) is 6.99. The van der Waals surface area contributed by atoms with E-state index in [9.17, 15) is 4.79 Å². The largest absolute Gasteiger partial charge is 0.379 e. The molecule has 1 fully saturated rings. The number of aliphatic imine (C=N–C) groups is 1. The van der Waals surface area contributed by atoms with Gasteiger partial charge in [-0.05, 0) is 12.3 Å². The van der Waals surface area contributed by atoms with Gasteiger partial charge in [-0.15, -0.1) is 0 Å². The molecule has 0 saturated heterocycles. The van der Waals surface area contributed by atoms with Gasteiger partial charge in [0.05, 0.1) is 11.3 Å². The zero-order valence-corrected chi connectivity index (χ0v) is 7.80. The second kappa shape index (κ2) is 2.76. The monoisotopic (exact) mass is 184 g/mol. The summed E-state index contributed by atoms with van der Waals surface area (Å²) in [6, 6.07) is 0.172. The number of carbonyl (C=O) groups is 1. The van der Waals surface area contributed by atoms with Crippen molar-refractivity contribution in [3.8, 4) is 0 Å². The molecule has 1 aliphatic carbocycles. The van der Waals surface area contributed by atoms with Crippen LogP contribution in [0.3, 0.4) is 0 Å². The summed E-state index contributed by atoms with van der Waals surface area (Å²) in [5.41, 5.74) is 5.56. The van der Waals surface area contributed by atoms with Crippen LogP contribution in [0.25, 0.3) is 0 Å². The average molecular weight is 184 g/mol. The number of rotatable bonds is 0. The third-order valence-corrected chi connectivity index (χ3v) is 3.58. The summed E-state index contributed by atoms with van der Waals surface area (Å²) in [6.45, 7) is 2.10. The lowest BCUT2D eigenvalue weighted by Gasteiger charge is -2.25. The van der Waals surface area contributed by atoms with Crippen molar-refractivity contribution < 1.29 is 4.79 Å². The van der Waals surface area contributed by atoms with Crippen LogP contribution >= 0.6 is 11.8 Å². The number of fused-ring (bicyclic) bond motifs is 1. The van der Waals surface area contributed by atoms with Crippen LogP contribution in [0.15, 0.2) is 4.99 Å². The topological polar surface area (TPSA) is 55.5 Å². The van der Waals surface area contributed by atoms with E-state index in [2.05, 4.69) is 11.9 Å². The highest BCUT2D eigenvalue weighted by molar-refractivity contribution is 8.15. The lowest BCUT2D eigenvalue weighted by atomic mass is 9.86. The third kappa shape index (κ3) is 1.24. The van der Waals surface area contributed by atoms with Gasteiger partial charge in [0, 0.05) is 6.42 Å². The SMILES string of the molecule is CC1CC(=O)C2SC(N)=NC2C1. The van der Waals surface area contributed by atoms with Crippen molar-refractivity contribution in [1.29, 1.82) is 0 Å².